The topological polar surface area (TPSA) is 45.6 Å². The molecule has 27 heavy (non-hydrogen) atoms. The van der Waals surface area contributed by atoms with Crippen LogP contribution in [0.1, 0.15) is 50.2 Å². The molecular formula is C22H31ClN2O2. The van der Waals surface area contributed by atoms with Crippen molar-refractivity contribution in [1.29, 1.82) is 0 Å². The number of rotatable bonds is 7. The Balaban J connectivity index is 0.00000261. The molecule has 0 unspecified atom stereocenters. The second-order valence-electron chi connectivity index (χ2n) is 7.51. The van der Waals surface area contributed by atoms with Crippen LogP contribution in [0.5, 0.6) is 5.75 Å². The smallest absolute Gasteiger partial charge is 0.122 e. The summed E-state index contributed by atoms with van der Waals surface area (Å²) in [6.45, 7) is 7.95. The fraction of sp³-hybridized carbons (Fsp3) is 0.500. The molecule has 148 valence electrons. The zero-order chi connectivity index (χ0) is 18.4. The summed E-state index contributed by atoms with van der Waals surface area (Å²) in [6.07, 6.45) is 6.05. The highest BCUT2D eigenvalue weighted by Crippen LogP contribution is 2.32. The van der Waals surface area contributed by atoms with E-state index in [0.717, 1.165) is 56.8 Å². The lowest BCUT2D eigenvalue weighted by atomic mass is 9.85. The Hall–Kier alpha value is -1.62. The van der Waals surface area contributed by atoms with E-state index >= 15 is 0 Å². The van der Waals surface area contributed by atoms with Gasteiger partial charge in [0.25, 0.3) is 0 Å². The molecule has 0 atom stereocenters. The van der Waals surface area contributed by atoms with Crippen molar-refractivity contribution in [2.45, 2.75) is 44.6 Å². The number of hydrogen-bond acceptors (Lipinski definition) is 4. The summed E-state index contributed by atoms with van der Waals surface area (Å²) < 4.78 is 6.02. The maximum Gasteiger partial charge on any atom is 0.122 e. The second-order valence-corrected chi connectivity index (χ2v) is 7.51. The quantitative estimate of drug-likeness (QED) is 0.712. The monoisotopic (exact) mass is 390 g/mol. The summed E-state index contributed by atoms with van der Waals surface area (Å²) in [4.78, 5) is 6.56. The fourth-order valence-corrected chi connectivity index (χ4v) is 3.63. The fourth-order valence-electron chi connectivity index (χ4n) is 3.63. The number of piperidine rings is 1. The molecule has 0 saturated carbocycles. The van der Waals surface area contributed by atoms with Crippen molar-refractivity contribution < 1.29 is 9.84 Å². The first kappa shape index (κ1) is 21.7. The van der Waals surface area contributed by atoms with E-state index in [9.17, 15) is 5.11 Å². The zero-order valence-electron chi connectivity index (χ0n) is 16.3. The third kappa shape index (κ3) is 5.68. The second kappa shape index (κ2) is 10.1. The standard InChI is InChI=1S/C22H30N2O2.ClH/c1-18(2)20-8-3-4-9-21(20)26-16-6-13-24-14-10-22(25,11-15-24)19-7-5-12-23-17-19;/h3-5,7-9,12,17-18,25H,6,10-11,13-16H2,1-2H3;1H. The zero-order valence-corrected chi connectivity index (χ0v) is 17.1. The van der Waals surface area contributed by atoms with Gasteiger partial charge in [-0.3, -0.25) is 4.98 Å². The SMILES string of the molecule is CC(C)c1ccccc1OCCCN1CCC(O)(c2cccnc2)CC1.Cl. The molecule has 1 fully saturated rings. The minimum absolute atomic E-state index is 0. The molecule has 0 radical (unpaired) electrons. The maximum absolute atomic E-state index is 10.9. The third-order valence-corrected chi connectivity index (χ3v) is 5.30. The average Bonchev–Trinajstić information content (AvgIpc) is 2.67. The molecular weight excluding hydrogens is 360 g/mol. The minimum Gasteiger partial charge on any atom is -0.493 e. The van der Waals surface area contributed by atoms with Gasteiger partial charge in [-0.05, 0) is 42.9 Å². The van der Waals surface area contributed by atoms with Crippen molar-refractivity contribution in [2.24, 2.45) is 0 Å². The van der Waals surface area contributed by atoms with E-state index in [2.05, 4.69) is 41.9 Å². The summed E-state index contributed by atoms with van der Waals surface area (Å²) in [5, 5.41) is 10.9. The number of likely N-dealkylation sites (tertiary alicyclic amines) is 1. The van der Waals surface area contributed by atoms with Gasteiger partial charge in [-0.1, -0.05) is 38.1 Å². The first-order chi connectivity index (χ1) is 12.6. The number of benzene rings is 1. The van der Waals surface area contributed by atoms with Crippen LogP contribution >= 0.6 is 12.4 Å². The van der Waals surface area contributed by atoms with E-state index < -0.39 is 5.60 Å². The molecule has 1 saturated heterocycles. The molecule has 1 N–H and O–H groups in total. The van der Waals surface area contributed by atoms with Crippen LogP contribution in [0.2, 0.25) is 0 Å². The number of para-hydroxylation sites is 1. The Morgan fingerprint density at radius 2 is 1.89 bits per heavy atom. The number of aromatic nitrogens is 1. The Labute approximate surface area is 169 Å². The van der Waals surface area contributed by atoms with Crippen molar-refractivity contribution in [3.8, 4) is 5.75 Å². The third-order valence-electron chi connectivity index (χ3n) is 5.30. The van der Waals surface area contributed by atoms with Crippen LogP contribution in [-0.2, 0) is 5.60 Å². The van der Waals surface area contributed by atoms with E-state index in [1.165, 1.54) is 5.56 Å². The van der Waals surface area contributed by atoms with E-state index in [4.69, 9.17) is 4.74 Å². The minimum atomic E-state index is -0.725. The summed E-state index contributed by atoms with van der Waals surface area (Å²) >= 11 is 0. The van der Waals surface area contributed by atoms with Crippen molar-refractivity contribution in [1.82, 2.24) is 9.88 Å². The molecule has 1 aliphatic rings. The highest BCUT2D eigenvalue weighted by molar-refractivity contribution is 5.85. The lowest BCUT2D eigenvalue weighted by molar-refractivity contribution is -0.0267. The first-order valence-corrected chi connectivity index (χ1v) is 9.65. The lowest BCUT2D eigenvalue weighted by Crippen LogP contribution is -2.43. The van der Waals surface area contributed by atoms with Crippen LogP contribution in [0.3, 0.4) is 0 Å². The average molecular weight is 391 g/mol. The van der Waals surface area contributed by atoms with Crippen LogP contribution in [-0.4, -0.2) is 41.2 Å². The summed E-state index contributed by atoms with van der Waals surface area (Å²) in [5.74, 6) is 1.48. The molecule has 3 rings (SSSR count). The van der Waals surface area contributed by atoms with Crippen molar-refractivity contribution in [3.63, 3.8) is 0 Å². The number of hydrogen-bond donors (Lipinski definition) is 1. The molecule has 0 amide bonds. The predicted molar refractivity (Wildman–Crippen MR) is 112 cm³/mol. The van der Waals surface area contributed by atoms with Gasteiger partial charge in [-0.2, -0.15) is 0 Å². The Morgan fingerprint density at radius 3 is 2.56 bits per heavy atom. The van der Waals surface area contributed by atoms with Gasteiger partial charge in [0.2, 0.25) is 0 Å². The maximum atomic E-state index is 10.9. The van der Waals surface area contributed by atoms with E-state index in [1.807, 2.05) is 18.2 Å². The van der Waals surface area contributed by atoms with Crippen molar-refractivity contribution in [3.05, 3.63) is 59.9 Å². The van der Waals surface area contributed by atoms with Gasteiger partial charge in [0.05, 0.1) is 12.2 Å². The highest BCUT2D eigenvalue weighted by atomic mass is 35.5. The van der Waals surface area contributed by atoms with E-state index in [1.54, 1.807) is 12.4 Å². The van der Waals surface area contributed by atoms with E-state index in [-0.39, 0.29) is 12.4 Å². The van der Waals surface area contributed by atoms with Crippen molar-refractivity contribution in [2.75, 3.05) is 26.2 Å². The molecule has 1 aliphatic heterocycles. The normalized spacial score (nSPS) is 16.7. The molecule has 0 spiro atoms. The Kier molecular flexibility index (Phi) is 8.08. The van der Waals surface area contributed by atoms with Gasteiger partial charge in [0.1, 0.15) is 5.75 Å². The summed E-state index contributed by atoms with van der Waals surface area (Å²) in [7, 11) is 0. The highest BCUT2D eigenvalue weighted by Gasteiger charge is 2.33. The number of halogens is 1. The molecule has 2 aromatic rings. The molecule has 0 aliphatic carbocycles. The van der Waals surface area contributed by atoms with Gasteiger partial charge in [-0.25, -0.2) is 0 Å². The molecule has 1 aromatic heterocycles. The first-order valence-electron chi connectivity index (χ1n) is 9.65. The summed E-state index contributed by atoms with van der Waals surface area (Å²) in [6, 6.07) is 12.2. The van der Waals surface area contributed by atoms with Crippen LogP contribution < -0.4 is 4.74 Å². The van der Waals surface area contributed by atoms with Crippen LogP contribution in [0.25, 0.3) is 0 Å². The van der Waals surface area contributed by atoms with Gasteiger partial charge >= 0.3 is 0 Å². The Morgan fingerprint density at radius 1 is 1.15 bits per heavy atom. The molecule has 2 heterocycles. The lowest BCUT2D eigenvalue weighted by Gasteiger charge is -2.38. The number of aliphatic hydroxyl groups is 1. The number of pyridine rings is 1. The van der Waals surface area contributed by atoms with E-state index in [0.29, 0.717) is 5.92 Å². The summed E-state index contributed by atoms with van der Waals surface area (Å²) in [5.41, 5.74) is 1.48. The van der Waals surface area contributed by atoms with Crippen LogP contribution in [0.15, 0.2) is 48.8 Å². The number of ether oxygens (including phenoxy) is 1. The Bertz CT molecular complexity index is 686. The van der Waals surface area contributed by atoms with Crippen LogP contribution in [0, 0.1) is 0 Å². The largest absolute Gasteiger partial charge is 0.493 e. The molecule has 1 aromatic carbocycles. The van der Waals surface area contributed by atoms with Gasteiger partial charge in [-0.15, -0.1) is 12.4 Å². The predicted octanol–water partition coefficient (Wildman–Crippen LogP) is 4.38. The van der Waals surface area contributed by atoms with Crippen LogP contribution in [0.4, 0.5) is 0 Å². The van der Waals surface area contributed by atoms with Gasteiger partial charge in [0.15, 0.2) is 0 Å². The molecule has 0 bridgehead atoms. The molecule has 4 nitrogen and oxygen atoms in total. The van der Waals surface area contributed by atoms with Gasteiger partial charge in [0, 0.05) is 37.6 Å². The van der Waals surface area contributed by atoms with Gasteiger partial charge < -0.3 is 14.7 Å². The number of nitrogens with zero attached hydrogens (tertiary/aromatic N) is 2. The molecule has 5 heteroatoms. The van der Waals surface area contributed by atoms with Crippen molar-refractivity contribution >= 4 is 12.4 Å².